The molecule has 5 heteroatoms. The van der Waals surface area contributed by atoms with E-state index in [9.17, 15) is 0 Å². The quantitative estimate of drug-likeness (QED) is 0.827. The number of ether oxygens (including phenoxy) is 1. The summed E-state index contributed by atoms with van der Waals surface area (Å²) in [5, 5.41) is 6.93. The lowest BCUT2D eigenvalue weighted by atomic mass is 10.2. The van der Waals surface area contributed by atoms with Crippen LogP contribution in [-0.4, -0.2) is 16.7 Å². The van der Waals surface area contributed by atoms with Gasteiger partial charge in [-0.1, -0.05) is 6.07 Å². The van der Waals surface area contributed by atoms with Crippen LogP contribution in [0.5, 0.6) is 5.75 Å². The molecule has 110 valence electrons. The van der Waals surface area contributed by atoms with Crippen LogP contribution in [0, 0.1) is 0 Å². The summed E-state index contributed by atoms with van der Waals surface area (Å²) in [5.74, 6) is 0.851. The van der Waals surface area contributed by atoms with E-state index in [1.165, 1.54) is 0 Å². The van der Waals surface area contributed by atoms with Gasteiger partial charge in [0.25, 0.3) is 0 Å². The van der Waals surface area contributed by atoms with Crippen LogP contribution in [0.3, 0.4) is 0 Å². The Balaban J connectivity index is 1.89. The monoisotopic (exact) mass is 301 g/mol. The number of benzene rings is 1. The molecule has 0 aliphatic carbocycles. The van der Waals surface area contributed by atoms with Crippen LogP contribution in [0.4, 0.5) is 5.69 Å². The van der Waals surface area contributed by atoms with E-state index in [-0.39, 0.29) is 6.04 Å². The van der Waals surface area contributed by atoms with Gasteiger partial charge in [-0.05, 0) is 62.5 Å². The van der Waals surface area contributed by atoms with Crippen LogP contribution >= 0.6 is 12.2 Å². The normalized spacial score (nSPS) is 11.5. The molecule has 0 bridgehead atoms. The minimum atomic E-state index is 0.0499. The van der Waals surface area contributed by atoms with E-state index in [2.05, 4.69) is 15.6 Å². The lowest BCUT2D eigenvalue weighted by Crippen LogP contribution is -2.31. The van der Waals surface area contributed by atoms with Crippen molar-refractivity contribution in [2.45, 2.75) is 19.9 Å². The van der Waals surface area contributed by atoms with E-state index < -0.39 is 0 Å². The maximum Gasteiger partial charge on any atom is 0.171 e. The number of hydrogen-bond donors (Lipinski definition) is 2. The molecule has 0 amide bonds. The Hall–Kier alpha value is -2.14. The number of hydrogen-bond acceptors (Lipinski definition) is 3. The highest BCUT2D eigenvalue weighted by Gasteiger charge is 2.07. The van der Waals surface area contributed by atoms with Crippen molar-refractivity contribution in [3.05, 3.63) is 54.4 Å². The lowest BCUT2D eigenvalue weighted by Gasteiger charge is -2.16. The summed E-state index contributed by atoms with van der Waals surface area (Å²) in [7, 11) is 0. The molecule has 0 radical (unpaired) electrons. The fourth-order valence-electron chi connectivity index (χ4n) is 1.87. The molecule has 1 aromatic carbocycles. The molecule has 0 saturated carbocycles. The summed E-state index contributed by atoms with van der Waals surface area (Å²) in [6.07, 6.45) is 1.77. The number of aromatic nitrogens is 1. The summed E-state index contributed by atoms with van der Waals surface area (Å²) < 4.78 is 5.40. The van der Waals surface area contributed by atoms with E-state index in [0.717, 1.165) is 17.1 Å². The smallest absolute Gasteiger partial charge is 0.171 e. The van der Waals surface area contributed by atoms with Gasteiger partial charge in [0.1, 0.15) is 5.75 Å². The molecular formula is C16H19N3OS. The van der Waals surface area contributed by atoms with Crippen LogP contribution in [0.15, 0.2) is 48.7 Å². The summed E-state index contributed by atoms with van der Waals surface area (Å²) >= 11 is 5.32. The zero-order valence-electron chi connectivity index (χ0n) is 12.2. The predicted octanol–water partition coefficient (Wildman–Crippen LogP) is 3.53. The van der Waals surface area contributed by atoms with Gasteiger partial charge in [0.15, 0.2) is 5.11 Å². The molecule has 0 spiro atoms. The number of pyridine rings is 1. The molecule has 2 aromatic rings. The number of thiocarbonyl (C=S) groups is 1. The van der Waals surface area contributed by atoms with Crippen LogP contribution in [-0.2, 0) is 0 Å². The molecule has 2 N–H and O–H groups in total. The number of nitrogens with one attached hydrogen (secondary N) is 2. The first-order valence-corrected chi connectivity index (χ1v) is 7.31. The molecular weight excluding hydrogens is 282 g/mol. The van der Waals surface area contributed by atoms with E-state index in [1.807, 2.05) is 56.3 Å². The number of nitrogens with zero attached hydrogens (tertiary/aromatic N) is 1. The second kappa shape index (κ2) is 7.59. The first kappa shape index (κ1) is 15.3. The molecule has 0 fully saturated rings. The molecule has 4 nitrogen and oxygen atoms in total. The van der Waals surface area contributed by atoms with Crippen molar-refractivity contribution in [1.29, 1.82) is 0 Å². The first-order valence-electron chi connectivity index (χ1n) is 6.90. The van der Waals surface area contributed by atoms with Gasteiger partial charge in [0.05, 0.1) is 18.3 Å². The van der Waals surface area contributed by atoms with E-state index in [4.69, 9.17) is 17.0 Å². The Morgan fingerprint density at radius 3 is 2.62 bits per heavy atom. The van der Waals surface area contributed by atoms with Crippen molar-refractivity contribution in [1.82, 2.24) is 10.3 Å². The molecule has 1 atom stereocenters. The first-order chi connectivity index (χ1) is 10.2. The highest BCUT2D eigenvalue weighted by molar-refractivity contribution is 7.80. The zero-order valence-corrected chi connectivity index (χ0v) is 13.0. The maximum absolute atomic E-state index is 5.40. The Morgan fingerprint density at radius 1 is 1.24 bits per heavy atom. The SMILES string of the molecule is CCOc1ccc(NC(=S)N[C@@H](C)c2ccccn2)cc1. The minimum absolute atomic E-state index is 0.0499. The van der Waals surface area contributed by atoms with E-state index in [1.54, 1.807) is 6.20 Å². The molecule has 2 rings (SSSR count). The number of anilines is 1. The van der Waals surface area contributed by atoms with Gasteiger partial charge in [0, 0.05) is 11.9 Å². The molecule has 21 heavy (non-hydrogen) atoms. The average Bonchev–Trinajstić information content (AvgIpc) is 2.50. The fourth-order valence-corrected chi connectivity index (χ4v) is 2.17. The largest absolute Gasteiger partial charge is 0.494 e. The third kappa shape index (κ3) is 4.72. The van der Waals surface area contributed by atoms with Gasteiger partial charge >= 0.3 is 0 Å². The summed E-state index contributed by atoms with van der Waals surface area (Å²) in [6, 6.07) is 13.6. The Labute approximate surface area is 130 Å². The average molecular weight is 301 g/mol. The van der Waals surface area contributed by atoms with Gasteiger partial charge in [-0.3, -0.25) is 4.98 Å². The topological polar surface area (TPSA) is 46.2 Å². The van der Waals surface area contributed by atoms with E-state index in [0.29, 0.717) is 11.7 Å². The van der Waals surface area contributed by atoms with E-state index >= 15 is 0 Å². The summed E-state index contributed by atoms with van der Waals surface area (Å²) in [6.45, 7) is 4.65. The predicted molar refractivity (Wildman–Crippen MR) is 89.6 cm³/mol. The Kier molecular flexibility index (Phi) is 5.51. The van der Waals surface area contributed by atoms with Crippen molar-refractivity contribution in [2.24, 2.45) is 0 Å². The zero-order chi connectivity index (χ0) is 15.1. The van der Waals surface area contributed by atoms with Gasteiger partial charge in [-0.25, -0.2) is 0 Å². The molecule has 1 heterocycles. The van der Waals surface area contributed by atoms with Crippen LogP contribution in [0.1, 0.15) is 25.6 Å². The second-order valence-electron chi connectivity index (χ2n) is 4.53. The minimum Gasteiger partial charge on any atom is -0.494 e. The van der Waals surface area contributed by atoms with Crippen LogP contribution in [0.25, 0.3) is 0 Å². The number of rotatable bonds is 5. The third-order valence-corrected chi connectivity index (χ3v) is 3.12. The van der Waals surface area contributed by atoms with Gasteiger partial charge in [-0.15, -0.1) is 0 Å². The van der Waals surface area contributed by atoms with Crippen molar-refractivity contribution >= 4 is 23.0 Å². The maximum atomic E-state index is 5.40. The molecule has 0 unspecified atom stereocenters. The van der Waals surface area contributed by atoms with Gasteiger partial charge in [0.2, 0.25) is 0 Å². The Bertz CT molecular complexity index is 572. The van der Waals surface area contributed by atoms with Crippen molar-refractivity contribution in [3.8, 4) is 5.75 Å². The molecule has 0 saturated heterocycles. The second-order valence-corrected chi connectivity index (χ2v) is 4.94. The standard InChI is InChI=1S/C16H19N3OS/c1-3-20-14-9-7-13(8-10-14)19-16(21)18-12(2)15-6-4-5-11-17-15/h4-12H,3H2,1-2H3,(H2,18,19,21)/t12-/m0/s1. The molecule has 0 aliphatic rings. The van der Waals surface area contributed by atoms with Crippen molar-refractivity contribution in [2.75, 3.05) is 11.9 Å². The molecule has 1 aromatic heterocycles. The van der Waals surface area contributed by atoms with Gasteiger partial charge < -0.3 is 15.4 Å². The highest BCUT2D eigenvalue weighted by atomic mass is 32.1. The summed E-state index contributed by atoms with van der Waals surface area (Å²) in [4.78, 5) is 4.30. The van der Waals surface area contributed by atoms with Gasteiger partial charge in [-0.2, -0.15) is 0 Å². The third-order valence-electron chi connectivity index (χ3n) is 2.90. The van der Waals surface area contributed by atoms with Crippen molar-refractivity contribution < 1.29 is 4.74 Å². The lowest BCUT2D eigenvalue weighted by molar-refractivity contribution is 0.340. The Morgan fingerprint density at radius 2 is 2.00 bits per heavy atom. The van der Waals surface area contributed by atoms with Crippen molar-refractivity contribution in [3.63, 3.8) is 0 Å². The molecule has 0 aliphatic heterocycles. The summed E-state index contributed by atoms with van der Waals surface area (Å²) in [5.41, 5.74) is 1.87. The fraction of sp³-hybridized carbons (Fsp3) is 0.250. The van der Waals surface area contributed by atoms with Crippen LogP contribution in [0.2, 0.25) is 0 Å². The highest BCUT2D eigenvalue weighted by Crippen LogP contribution is 2.16. The van der Waals surface area contributed by atoms with Crippen LogP contribution < -0.4 is 15.4 Å².